The van der Waals surface area contributed by atoms with E-state index in [9.17, 15) is 18.3 Å². The van der Waals surface area contributed by atoms with Gasteiger partial charge in [0.25, 0.3) is 15.9 Å². The Kier molecular flexibility index (Phi) is 9.57. The maximum absolute atomic E-state index is 13.7. The highest BCUT2D eigenvalue weighted by atomic mass is 32.2. The number of rotatable bonds is 10. The van der Waals surface area contributed by atoms with E-state index in [0.29, 0.717) is 19.6 Å². The number of methoxy groups -OCH3 is 1. The molecule has 0 radical (unpaired) electrons. The number of sulfonamides is 1. The Balaban J connectivity index is 1.68. The predicted molar refractivity (Wildman–Crippen MR) is 159 cm³/mol. The summed E-state index contributed by atoms with van der Waals surface area (Å²) in [5, 5.41) is 9.93. The molecule has 2 N–H and O–H groups in total. The van der Waals surface area contributed by atoms with E-state index in [-0.39, 0.29) is 46.4 Å². The van der Waals surface area contributed by atoms with Gasteiger partial charge in [0.2, 0.25) is 0 Å². The standard InChI is InChI=1S/C31H39N3O6S/c1-21-9-15-26(16-10-21)41(37,38)32-28-8-6-7-27-30(28)40-29(22(2)17-34(31(27)36)23(3)20-35)19-33(4)18-24-11-13-25(39-5)14-12-24/h6-16,22-23,29,32,35H,17-20H2,1-5H3/t22-,23-,29-/m1/s1. The molecule has 41 heavy (non-hydrogen) atoms. The molecule has 1 aliphatic rings. The van der Waals surface area contributed by atoms with Gasteiger partial charge in [0, 0.05) is 25.6 Å². The van der Waals surface area contributed by atoms with Gasteiger partial charge in [-0.05, 0) is 62.9 Å². The third-order valence-electron chi connectivity index (χ3n) is 7.37. The molecule has 1 amide bonds. The minimum atomic E-state index is -3.95. The zero-order valence-corrected chi connectivity index (χ0v) is 25.0. The van der Waals surface area contributed by atoms with Gasteiger partial charge in [-0.1, -0.05) is 42.8 Å². The number of hydrogen-bond donors (Lipinski definition) is 2. The Bertz CT molecular complexity index is 1440. The number of nitrogens with one attached hydrogen (secondary N) is 1. The van der Waals surface area contributed by atoms with Crippen molar-refractivity contribution >= 4 is 21.6 Å². The van der Waals surface area contributed by atoms with E-state index in [0.717, 1.165) is 16.9 Å². The number of carbonyl (C=O) groups is 1. The fourth-order valence-corrected chi connectivity index (χ4v) is 5.94. The Labute approximate surface area is 242 Å². The molecule has 3 aromatic rings. The lowest BCUT2D eigenvalue weighted by Gasteiger charge is -2.38. The van der Waals surface area contributed by atoms with Crippen molar-refractivity contribution in [3.63, 3.8) is 0 Å². The highest BCUT2D eigenvalue weighted by molar-refractivity contribution is 7.92. The van der Waals surface area contributed by atoms with E-state index in [1.165, 1.54) is 0 Å². The summed E-state index contributed by atoms with van der Waals surface area (Å²) in [6.07, 6.45) is -0.386. The van der Waals surface area contributed by atoms with Crippen LogP contribution >= 0.6 is 0 Å². The molecule has 0 aliphatic carbocycles. The zero-order chi connectivity index (χ0) is 29.7. The van der Waals surface area contributed by atoms with E-state index < -0.39 is 16.1 Å². The molecule has 0 aromatic heterocycles. The molecule has 9 nitrogen and oxygen atoms in total. The van der Waals surface area contributed by atoms with E-state index in [2.05, 4.69) is 9.62 Å². The molecule has 220 valence electrons. The molecule has 0 fully saturated rings. The Morgan fingerprint density at radius 2 is 1.80 bits per heavy atom. The molecule has 1 aliphatic heterocycles. The van der Waals surface area contributed by atoms with Crippen LogP contribution in [0.3, 0.4) is 0 Å². The predicted octanol–water partition coefficient (Wildman–Crippen LogP) is 4.16. The van der Waals surface area contributed by atoms with Crippen molar-refractivity contribution in [2.75, 3.05) is 38.6 Å². The summed E-state index contributed by atoms with van der Waals surface area (Å²) in [5.41, 5.74) is 2.47. The van der Waals surface area contributed by atoms with Gasteiger partial charge in [0.1, 0.15) is 11.9 Å². The molecule has 3 aromatic carbocycles. The normalized spacial score (nSPS) is 18.2. The van der Waals surface area contributed by atoms with Gasteiger partial charge in [-0.25, -0.2) is 8.42 Å². The molecule has 0 spiro atoms. The first-order chi connectivity index (χ1) is 19.5. The minimum Gasteiger partial charge on any atom is -0.497 e. The molecule has 1 heterocycles. The molecule has 0 saturated carbocycles. The first-order valence-electron chi connectivity index (χ1n) is 13.6. The number of nitrogens with zero attached hydrogens (tertiary/aromatic N) is 2. The van der Waals surface area contributed by atoms with Gasteiger partial charge < -0.3 is 19.5 Å². The van der Waals surface area contributed by atoms with Crippen LogP contribution in [0.2, 0.25) is 0 Å². The van der Waals surface area contributed by atoms with Crippen molar-refractivity contribution < 1.29 is 27.8 Å². The van der Waals surface area contributed by atoms with Crippen LogP contribution in [0.4, 0.5) is 5.69 Å². The quantitative estimate of drug-likeness (QED) is 0.370. The second-order valence-corrected chi connectivity index (χ2v) is 12.5. The number of amides is 1. The number of aliphatic hydroxyl groups excluding tert-OH is 1. The lowest BCUT2D eigenvalue weighted by Crippen LogP contribution is -2.49. The number of aryl methyl sites for hydroxylation is 1. The van der Waals surface area contributed by atoms with Gasteiger partial charge in [0.05, 0.1) is 35.9 Å². The van der Waals surface area contributed by atoms with Gasteiger partial charge in [-0.3, -0.25) is 14.4 Å². The van der Waals surface area contributed by atoms with Gasteiger partial charge in [0.15, 0.2) is 5.75 Å². The first-order valence-corrected chi connectivity index (χ1v) is 15.1. The van der Waals surface area contributed by atoms with Crippen molar-refractivity contribution in [3.05, 3.63) is 83.4 Å². The van der Waals surface area contributed by atoms with E-state index in [1.54, 1.807) is 61.4 Å². The summed E-state index contributed by atoms with van der Waals surface area (Å²) < 4.78 is 41.1. The smallest absolute Gasteiger partial charge is 0.262 e. The molecule has 0 bridgehead atoms. The van der Waals surface area contributed by atoms with Crippen molar-refractivity contribution in [1.29, 1.82) is 0 Å². The lowest BCUT2D eigenvalue weighted by atomic mass is 9.99. The van der Waals surface area contributed by atoms with Crippen LogP contribution < -0.4 is 14.2 Å². The van der Waals surface area contributed by atoms with Crippen molar-refractivity contribution in [2.45, 2.75) is 44.4 Å². The average Bonchev–Trinajstić information content (AvgIpc) is 2.95. The monoisotopic (exact) mass is 581 g/mol. The van der Waals surface area contributed by atoms with Crippen molar-refractivity contribution in [2.24, 2.45) is 5.92 Å². The molecule has 0 saturated heterocycles. The van der Waals surface area contributed by atoms with Crippen LogP contribution in [0.15, 0.2) is 71.6 Å². The molecular formula is C31H39N3O6S. The number of ether oxygens (including phenoxy) is 2. The number of benzene rings is 3. The van der Waals surface area contributed by atoms with E-state index >= 15 is 0 Å². The summed E-state index contributed by atoms with van der Waals surface area (Å²) in [4.78, 5) is 17.6. The van der Waals surface area contributed by atoms with Crippen molar-refractivity contribution in [3.8, 4) is 11.5 Å². The molecule has 0 unspecified atom stereocenters. The summed E-state index contributed by atoms with van der Waals surface area (Å²) in [6, 6.07) is 18.8. The van der Waals surface area contributed by atoms with Gasteiger partial charge in [-0.2, -0.15) is 0 Å². The first kappa shape index (κ1) is 30.4. The number of anilines is 1. The Morgan fingerprint density at radius 1 is 1.12 bits per heavy atom. The lowest BCUT2D eigenvalue weighted by molar-refractivity contribution is 0.0344. The number of likely N-dealkylation sites (N-methyl/N-ethyl adjacent to an activating group) is 1. The fourth-order valence-electron chi connectivity index (χ4n) is 4.88. The van der Waals surface area contributed by atoms with Crippen LogP contribution in [0.1, 0.15) is 35.3 Å². The fraction of sp³-hybridized carbons (Fsp3) is 0.387. The van der Waals surface area contributed by atoms with Crippen LogP contribution in [0, 0.1) is 12.8 Å². The summed E-state index contributed by atoms with van der Waals surface area (Å²) >= 11 is 0. The van der Waals surface area contributed by atoms with E-state index in [4.69, 9.17) is 9.47 Å². The highest BCUT2D eigenvalue weighted by Gasteiger charge is 2.35. The number of carbonyl (C=O) groups excluding carboxylic acids is 1. The summed E-state index contributed by atoms with van der Waals surface area (Å²) in [6.45, 7) is 7.02. The van der Waals surface area contributed by atoms with Crippen molar-refractivity contribution in [1.82, 2.24) is 9.80 Å². The molecule has 4 rings (SSSR count). The van der Waals surface area contributed by atoms with Crippen LogP contribution in [0.5, 0.6) is 11.5 Å². The number of fused-ring (bicyclic) bond motifs is 1. The third-order valence-corrected chi connectivity index (χ3v) is 8.75. The van der Waals surface area contributed by atoms with Crippen LogP contribution in [-0.4, -0.2) is 75.2 Å². The SMILES string of the molecule is COc1ccc(CN(C)C[C@H]2Oc3c(NS(=O)(=O)c4ccc(C)cc4)cccc3C(=O)N([C@H](C)CO)C[C@H]2C)cc1. The molecule has 10 heteroatoms. The topological polar surface area (TPSA) is 108 Å². The van der Waals surface area contributed by atoms with Gasteiger partial charge in [-0.15, -0.1) is 0 Å². The number of para-hydroxylation sites is 1. The third kappa shape index (κ3) is 7.19. The number of hydrogen-bond acceptors (Lipinski definition) is 7. The molecular weight excluding hydrogens is 542 g/mol. The second-order valence-electron chi connectivity index (χ2n) is 10.8. The largest absolute Gasteiger partial charge is 0.497 e. The van der Waals surface area contributed by atoms with E-state index in [1.807, 2.05) is 45.2 Å². The second kappa shape index (κ2) is 12.9. The number of aliphatic hydroxyl groups is 1. The van der Waals surface area contributed by atoms with Crippen LogP contribution in [-0.2, 0) is 16.6 Å². The average molecular weight is 582 g/mol. The summed E-state index contributed by atoms with van der Waals surface area (Å²) in [7, 11) is -0.329. The zero-order valence-electron chi connectivity index (χ0n) is 24.2. The summed E-state index contributed by atoms with van der Waals surface area (Å²) in [5.74, 6) is 0.516. The maximum Gasteiger partial charge on any atom is 0.262 e. The Hall–Kier alpha value is -3.60. The van der Waals surface area contributed by atoms with Crippen LogP contribution in [0.25, 0.3) is 0 Å². The minimum absolute atomic E-state index is 0.109. The highest BCUT2D eigenvalue weighted by Crippen LogP contribution is 2.36. The maximum atomic E-state index is 13.7. The van der Waals surface area contributed by atoms with Gasteiger partial charge >= 0.3 is 0 Å². The molecule has 3 atom stereocenters. The Morgan fingerprint density at radius 3 is 2.44 bits per heavy atom.